The van der Waals surface area contributed by atoms with E-state index in [1.54, 1.807) is 0 Å². The van der Waals surface area contributed by atoms with Crippen LogP contribution in [0, 0.1) is 34.5 Å². The van der Waals surface area contributed by atoms with Crippen molar-refractivity contribution in [2.24, 2.45) is 34.5 Å². The van der Waals surface area contributed by atoms with Crippen molar-refractivity contribution in [1.29, 1.82) is 0 Å². The van der Waals surface area contributed by atoms with Crippen LogP contribution in [0.15, 0.2) is 11.8 Å². The van der Waals surface area contributed by atoms with Crippen molar-refractivity contribution in [3.8, 4) is 0 Å². The number of hydrogen-bond acceptors (Lipinski definition) is 5. The topological polar surface area (TPSA) is 54.0 Å². The van der Waals surface area contributed by atoms with E-state index >= 15 is 0 Å². The van der Waals surface area contributed by atoms with Crippen LogP contribution in [-0.2, 0) is 23.0 Å². The van der Waals surface area contributed by atoms with Gasteiger partial charge in [-0.3, -0.25) is 0 Å². The van der Waals surface area contributed by atoms with Crippen LogP contribution in [0.4, 0.5) is 0 Å². The first-order chi connectivity index (χ1) is 16.1. The van der Waals surface area contributed by atoms with Crippen LogP contribution >= 0.6 is 8.69 Å². The number of rotatable bonds is 4. The normalized spacial score (nSPS) is 46.9. The monoisotopic (exact) mass is 522 g/mol. The van der Waals surface area contributed by atoms with E-state index in [1.165, 1.54) is 25.7 Å². The highest BCUT2D eigenvalue weighted by Crippen LogP contribution is 2.68. The highest BCUT2D eigenvalue weighted by Gasteiger charge is 2.68. The van der Waals surface area contributed by atoms with E-state index in [-0.39, 0.29) is 42.7 Å². The zero-order valence-electron chi connectivity index (χ0n) is 23.3. The van der Waals surface area contributed by atoms with Crippen molar-refractivity contribution in [2.75, 3.05) is 0 Å². The molecule has 4 unspecified atom stereocenters. The van der Waals surface area contributed by atoms with Crippen LogP contribution in [0.1, 0.15) is 87.0 Å². The van der Waals surface area contributed by atoms with Gasteiger partial charge in [-0.15, -0.1) is 0 Å². The van der Waals surface area contributed by atoms with E-state index in [9.17, 15) is 4.57 Å². The van der Waals surface area contributed by atoms with Crippen LogP contribution in [0.5, 0.6) is 0 Å². The van der Waals surface area contributed by atoms with Gasteiger partial charge in [-0.2, -0.15) is 0 Å². The number of hydrogen-bond donors (Lipinski definition) is 0. The zero-order valence-corrected chi connectivity index (χ0v) is 25.2. The Morgan fingerprint density at radius 1 is 0.971 bits per heavy atom. The lowest BCUT2D eigenvalue weighted by atomic mass is 9.44. The summed E-state index contributed by atoms with van der Waals surface area (Å²) in [5.41, 5.74) is 0.336. The quantitative estimate of drug-likeness (QED) is 0.278. The van der Waals surface area contributed by atoms with Crippen molar-refractivity contribution < 1.29 is 23.0 Å². The van der Waals surface area contributed by atoms with Crippen LogP contribution in [-0.4, -0.2) is 32.4 Å². The molecule has 0 aromatic carbocycles. The molecule has 0 amide bonds. The van der Waals surface area contributed by atoms with Crippen molar-refractivity contribution in [1.82, 2.24) is 0 Å². The van der Waals surface area contributed by atoms with Gasteiger partial charge in [0.25, 0.3) is 0 Å². The van der Waals surface area contributed by atoms with Crippen LogP contribution in [0.2, 0.25) is 18.1 Å². The van der Waals surface area contributed by atoms with Gasteiger partial charge in [0.15, 0.2) is 14.1 Å². The fourth-order valence-electron chi connectivity index (χ4n) is 8.55. The van der Waals surface area contributed by atoms with Gasteiger partial charge in [0.05, 0.1) is 18.3 Å². The zero-order chi connectivity index (χ0) is 25.6. The first kappa shape index (κ1) is 26.3. The summed E-state index contributed by atoms with van der Waals surface area (Å²) in [6.45, 7) is 21.0. The molecule has 198 valence electrons. The summed E-state index contributed by atoms with van der Waals surface area (Å²) in [6.07, 6.45) is 9.43. The molecule has 5 aliphatic rings. The fraction of sp³-hybridized carbons (Fsp3) is 0.929. The third-order valence-electron chi connectivity index (χ3n) is 11.4. The molecule has 1 aliphatic heterocycles. The van der Waals surface area contributed by atoms with E-state index in [0.29, 0.717) is 23.9 Å². The minimum atomic E-state index is -1.85. The molecular formula is C28H47O5PSi. The van der Waals surface area contributed by atoms with Gasteiger partial charge in [-0.1, -0.05) is 34.6 Å². The highest BCUT2D eigenvalue weighted by atomic mass is 31.1. The van der Waals surface area contributed by atoms with Crippen LogP contribution < -0.4 is 0 Å². The molecule has 0 spiro atoms. The van der Waals surface area contributed by atoms with E-state index < -0.39 is 14.1 Å². The molecule has 0 N–H and O–H groups in total. The first-order valence-corrected chi connectivity index (χ1v) is 17.5. The summed E-state index contributed by atoms with van der Waals surface area (Å²) >= 11 is 0. The second-order valence-electron chi connectivity index (χ2n) is 14.7. The molecule has 4 aliphatic carbocycles. The Morgan fingerprint density at radius 2 is 1.63 bits per heavy atom. The van der Waals surface area contributed by atoms with Crippen molar-refractivity contribution in [3.63, 3.8) is 0 Å². The largest absolute Gasteiger partial charge is 0.413 e. The molecule has 9 atom stereocenters. The average Bonchev–Trinajstić information content (AvgIpc) is 3.23. The van der Waals surface area contributed by atoms with Crippen LogP contribution in [0.25, 0.3) is 0 Å². The Balaban J connectivity index is 1.50. The second-order valence-corrected chi connectivity index (χ2v) is 19.8. The highest BCUT2D eigenvalue weighted by molar-refractivity contribution is 7.17. The number of fused-ring (bicyclic) bond motifs is 8. The van der Waals surface area contributed by atoms with Crippen molar-refractivity contribution in [3.05, 3.63) is 11.8 Å². The third kappa shape index (κ3) is 4.04. The second kappa shape index (κ2) is 8.37. The van der Waals surface area contributed by atoms with Crippen molar-refractivity contribution in [2.45, 2.75) is 129 Å². The van der Waals surface area contributed by atoms with Crippen molar-refractivity contribution >= 4 is 17.0 Å². The first-order valence-electron chi connectivity index (χ1n) is 13.9. The average molecular weight is 523 g/mol. The molecule has 0 bridgehead atoms. The number of allylic oxidation sites excluding steroid dienone is 1. The predicted molar refractivity (Wildman–Crippen MR) is 141 cm³/mol. The molecule has 5 rings (SSSR count). The van der Waals surface area contributed by atoms with Gasteiger partial charge in [0.1, 0.15) is 5.76 Å². The Bertz CT molecular complexity index is 896. The summed E-state index contributed by atoms with van der Waals surface area (Å²) in [4.78, 5) is 0. The molecule has 7 heteroatoms. The molecule has 4 fully saturated rings. The minimum absolute atomic E-state index is 0.0150. The summed E-state index contributed by atoms with van der Waals surface area (Å²) < 4.78 is 37.2. The van der Waals surface area contributed by atoms with Gasteiger partial charge in [-0.25, -0.2) is 4.57 Å². The summed E-state index contributed by atoms with van der Waals surface area (Å²) in [5.74, 6) is 2.17. The molecule has 35 heavy (non-hydrogen) atoms. The van der Waals surface area contributed by atoms with E-state index in [2.05, 4.69) is 67.6 Å². The van der Waals surface area contributed by atoms with Gasteiger partial charge in [-0.05, 0) is 98.7 Å². The maximum Gasteiger partial charge on any atom is 0.395 e. The molecule has 0 aromatic rings. The van der Waals surface area contributed by atoms with Gasteiger partial charge < -0.3 is 18.4 Å². The fourth-order valence-corrected chi connectivity index (χ4v) is 10.3. The summed E-state index contributed by atoms with van der Waals surface area (Å²) in [5, 5.41) is 0.222. The smallest absolute Gasteiger partial charge is 0.395 e. The Hall–Kier alpha value is -0.263. The minimum Gasteiger partial charge on any atom is -0.413 e. The van der Waals surface area contributed by atoms with E-state index in [0.717, 1.165) is 18.6 Å². The lowest BCUT2D eigenvalue weighted by molar-refractivity contribution is -0.171. The Labute approximate surface area is 215 Å². The Morgan fingerprint density at radius 3 is 2.29 bits per heavy atom. The Kier molecular flexibility index (Phi) is 6.30. The van der Waals surface area contributed by atoms with E-state index in [4.69, 9.17) is 18.4 Å². The van der Waals surface area contributed by atoms with Gasteiger partial charge in [0, 0.05) is 12.3 Å². The van der Waals surface area contributed by atoms with E-state index in [1.807, 2.05) is 0 Å². The standard InChI is InChI=1S/C28H47O5PSi/c1-25(2,3)35(8,9)33-21-11-10-18-22-19(13-15-28(18,21)7)27(6)14-12-17(32-34-29)16-20(27)23-24(22)31-26(4,5)30-23/h16,18-24H,10-15H2,1-9H3/t18?,19?,20?,21-,22?,23+,24+,27+,28-/m0/s1. The molecule has 5 nitrogen and oxygen atoms in total. The molecule has 0 radical (unpaired) electrons. The molecule has 0 aromatic heterocycles. The van der Waals surface area contributed by atoms with Gasteiger partial charge >= 0.3 is 8.69 Å². The molecule has 1 heterocycles. The molecular weight excluding hydrogens is 475 g/mol. The molecule has 3 saturated carbocycles. The predicted octanol–water partition coefficient (Wildman–Crippen LogP) is 7.88. The van der Waals surface area contributed by atoms with Crippen LogP contribution in [0.3, 0.4) is 0 Å². The summed E-state index contributed by atoms with van der Waals surface area (Å²) in [7, 11) is -2.12. The lowest BCUT2D eigenvalue weighted by Gasteiger charge is -2.62. The van der Waals surface area contributed by atoms with Gasteiger partial charge in [0.2, 0.25) is 0 Å². The number of ether oxygens (including phenoxy) is 2. The maximum atomic E-state index is 11.2. The lowest BCUT2D eigenvalue weighted by Crippen LogP contribution is -2.62. The maximum absolute atomic E-state index is 11.2. The summed E-state index contributed by atoms with van der Waals surface area (Å²) in [6, 6.07) is 0. The third-order valence-corrected chi connectivity index (χ3v) is 16.2. The molecule has 1 saturated heterocycles. The SMILES string of the molecule is CC1(C)O[C@@H]2C3C(CC[C@@]4(C)C3CC[C@@H]4O[Si](C)(C)C(C)(C)C)[C@@]3(C)CCC(OP=O)=CC3[C@H]2O1.